The molecule has 0 aliphatic carbocycles. The molecule has 0 spiro atoms. The van der Waals surface area contributed by atoms with Gasteiger partial charge in [0.2, 0.25) is 0 Å². The van der Waals surface area contributed by atoms with Crippen LogP contribution < -0.4 is 0 Å². The molecule has 1 aromatic rings. The van der Waals surface area contributed by atoms with E-state index in [9.17, 15) is 0 Å². The Labute approximate surface area is 80.6 Å². The van der Waals surface area contributed by atoms with Gasteiger partial charge in [-0.15, -0.1) is 5.10 Å². The number of hydrogen-bond donors (Lipinski definition) is 0. The van der Waals surface area contributed by atoms with E-state index in [1.165, 1.54) is 0 Å². The minimum atomic E-state index is 0.0493. The molecule has 0 fully saturated rings. The smallest absolute Gasteiger partial charge is 0.147 e. The molecular formula is C10H19N3. The Hall–Kier alpha value is -0.990. The largest absolute Gasteiger partial charge is 0.238 e. The molecule has 74 valence electrons. The first-order valence-electron chi connectivity index (χ1n) is 4.67. The highest BCUT2D eigenvalue weighted by Crippen LogP contribution is 2.17. The van der Waals surface area contributed by atoms with Gasteiger partial charge in [-0.3, -0.25) is 0 Å². The molecule has 1 rings (SSSR count). The normalized spacial score (nSPS) is 10.3. The van der Waals surface area contributed by atoms with Crippen LogP contribution in [0.1, 0.15) is 46.1 Å². The van der Waals surface area contributed by atoms with E-state index in [0.29, 0.717) is 0 Å². The first kappa shape index (κ1) is 12.0. The van der Waals surface area contributed by atoms with Crippen LogP contribution in [0, 0.1) is 6.92 Å². The second-order valence-electron chi connectivity index (χ2n) is 3.64. The third kappa shape index (κ3) is 3.97. The highest BCUT2D eigenvalue weighted by Gasteiger charge is 2.15. The van der Waals surface area contributed by atoms with E-state index < -0.39 is 0 Å². The molecule has 0 atom stereocenters. The van der Waals surface area contributed by atoms with Crippen LogP contribution in [0.15, 0.2) is 6.20 Å². The minimum Gasteiger partial charge on any atom is -0.238 e. The Kier molecular flexibility index (Phi) is 4.52. The predicted octanol–water partition coefficient (Wildman–Crippen LogP) is 2.50. The van der Waals surface area contributed by atoms with E-state index in [-0.39, 0.29) is 5.41 Å². The van der Waals surface area contributed by atoms with E-state index in [1.54, 1.807) is 6.20 Å². The molecule has 0 saturated heterocycles. The van der Waals surface area contributed by atoms with Gasteiger partial charge in [0, 0.05) is 5.41 Å². The summed E-state index contributed by atoms with van der Waals surface area (Å²) in [5.41, 5.74) is 0.983. The van der Waals surface area contributed by atoms with Crippen LogP contribution >= 0.6 is 0 Å². The van der Waals surface area contributed by atoms with Gasteiger partial charge < -0.3 is 0 Å². The highest BCUT2D eigenvalue weighted by molar-refractivity contribution is 5.06. The summed E-state index contributed by atoms with van der Waals surface area (Å²) in [5.74, 6) is 0.720. The Morgan fingerprint density at radius 1 is 1.08 bits per heavy atom. The molecule has 0 bridgehead atoms. The second kappa shape index (κ2) is 4.90. The van der Waals surface area contributed by atoms with Crippen molar-refractivity contribution in [1.29, 1.82) is 0 Å². The lowest BCUT2D eigenvalue weighted by molar-refractivity contribution is 0.551. The number of rotatable bonds is 0. The fraction of sp³-hybridized carbons (Fsp3) is 0.700. The molecule has 0 radical (unpaired) electrons. The van der Waals surface area contributed by atoms with Crippen LogP contribution in [0.2, 0.25) is 0 Å². The molecule has 0 aliphatic heterocycles. The lowest BCUT2D eigenvalue weighted by atomic mass is 9.93. The first-order valence-corrected chi connectivity index (χ1v) is 4.67. The van der Waals surface area contributed by atoms with Gasteiger partial charge in [-0.1, -0.05) is 34.6 Å². The fourth-order valence-corrected chi connectivity index (χ4v) is 0.676. The van der Waals surface area contributed by atoms with E-state index in [2.05, 4.69) is 36.0 Å². The SMILES string of the molecule is CC.Cc1ncc(C(C)(C)C)nn1. The van der Waals surface area contributed by atoms with Crippen molar-refractivity contribution in [3.63, 3.8) is 0 Å². The molecule has 1 aromatic heterocycles. The summed E-state index contributed by atoms with van der Waals surface area (Å²) < 4.78 is 0. The molecule has 1 heterocycles. The predicted molar refractivity (Wildman–Crippen MR) is 54.6 cm³/mol. The van der Waals surface area contributed by atoms with Crippen LogP contribution in [0.25, 0.3) is 0 Å². The highest BCUT2D eigenvalue weighted by atomic mass is 15.2. The van der Waals surface area contributed by atoms with Gasteiger partial charge in [0.15, 0.2) is 0 Å². The molecule has 0 unspecified atom stereocenters. The summed E-state index contributed by atoms with van der Waals surface area (Å²) in [6.07, 6.45) is 1.78. The van der Waals surface area contributed by atoms with Crippen molar-refractivity contribution >= 4 is 0 Å². The molecule has 13 heavy (non-hydrogen) atoms. The zero-order chi connectivity index (χ0) is 10.5. The van der Waals surface area contributed by atoms with Gasteiger partial charge in [0.25, 0.3) is 0 Å². The summed E-state index contributed by atoms with van der Waals surface area (Å²) in [5, 5.41) is 7.92. The molecule has 3 nitrogen and oxygen atoms in total. The van der Waals surface area contributed by atoms with Crippen LogP contribution in [-0.2, 0) is 5.41 Å². The number of aromatic nitrogens is 3. The molecule has 0 amide bonds. The first-order chi connectivity index (χ1) is 6.00. The quantitative estimate of drug-likeness (QED) is 0.617. The molecule has 0 N–H and O–H groups in total. The van der Waals surface area contributed by atoms with E-state index in [1.807, 2.05) is 20.8 Å². The third-order valence-electron chi connectivity index (χ3n) is 1.44. The molecular weight excluding hydrogens is 162 g/mol. The van der Waals surface area contributed by atoms with Crippen LogP contribution in [0.3, 0.4) is 0 Å². The third-order valence-corrected chi connectivity index (χ3v) is 1.44. The average Bonchev–Trinajstić information content (AvgIpc) is 2.07. The summed E-state index contributed by atoms with van der Waals surface area (Å²) in [7, 11) is 0. The lowest BCUT2D eigenvalue weighted by Gasteiger charge is -2.15. The minimum absolute atomic E-state index is 0.0493. The molecule has 0 aromatic carbocycles. The second-order valence-corrected chi connectivity index (χ2v) is 3.64. The summed E-state index contributed by atoms with van der Waals surface area (Å²) >= 11 is 0. The fourth-order valence-electron chi connectivity index (χ4n) is 0.676. The van der Waals surface area contributed by atoms with Crippen LogP contribution in [0.4, 0.5) is 0 Å². The van der Waals surface area contributed by atoms with E-state index in [4.69, 9.17) is 0 Å². The zero-order valence-corrected chi connectivity index (χ0v) is 9.42. The van der Waals surface area contributed by atoms with Gasteiger partial charge >= 0.3 is 0 Å². The van der Waals surface area contributed by atoms with Crippen molar-refractivity contribution in [3.05, 3.63) is 17.7 Å². The maximum Gasteiger partial charge on any atom is 0.147 e. The van der Waals surface area contributed by atoms with Crippen molar-refractivity contribution in [2.75, 3.05) is 0 Å². The van der Waals surface area contributed by atoms with Crippen molar-refractivity contribution in [3.8, 4) is 0 Å². The van der Waals surface area contributed by atoms with E-state index in [0.717, 1.165) is 11.5 Å². The molecule has 0 saturated carbocycles. The maximum atomic E-state index is 4.07. The van der Waals surface area contributed by atoms with Gasteiger partial charge in [0.05, 0.1) is 11.9 Å². The molecule has 3 heteroatoms. The van der Waals surface area contributed by atoms with Gasteiger partial charge in [-0.05, 0) is 6.92 Å². The average molecular weight is 181 g/mol. The van der Waals surface area contributed by atoms with Gasteiger partial charge in [-0.2, -0.15) is 5.10 Å². The van der Waals surface area contributed by atoms with E-state index >= 15 is 0 Å². The summed E-state index contributed by atoms with van der Waals surface area (Å²) in [4.78, 5) is 4.07. The van der Waals surface area contributed by atoms with Crippen molar-refractivity contribution in [1.82, 2.24) is 15.2 Å². The topological polar surface area (TPSA) is 38.7 Å². The standard InChI is InChI=1S/C8H13N3.C2H6/c1-6-9-5-7(11-10-6)8(2,3)4;1-2/h5H,1-4H3;1-2H3. The van der Waals surface area contributed by atoms with Gasteiger partial charge in [-0.25, -0.2) is 4.98 Å². The van der Waals surface area contributed by atoms with Crippen molar-refractivity contribution in [2.24, 2.45) is 0 Å². The lowest BCUT2D eigenvalue weighted by Crippen LogP contribution is -2.15. The summed E-state index contributed by atoms with van der Waals surface area (Å²) in [6, 6.07) is 0. The summed E-state index contributed by atoms with van der Waals surface area (Å²) in [6.45, 7) is 12.1. The van der Waals surface area contributed by atoms with Crippen molar-refractivity contribution < 1.29 is 0 Å². The Balaban J connectivity index is 0.000000671. The monoisotopic (exact) mass is 181 g/mol. The Bertz CT molecular complexity index is 233. The van der Waals surface area contributed by atoms with Crippen molar-refractivity contribution in [2.45, 2.75) is 47.0 Å². The van der Waals surface area contributed by atoms with Crippen LogP contribution in [0.5, 0.6) is 0 Å². The number of nitrogens with zero attached hydrogens (tertiary/aromatic N) is 3. The van der Waals surface area contributed by atoms with Gasteiger partial charge in [0.1, 0.15) is 5.82 Å². The maximum absolute atomic E-state index is 4.07. The zero-order valence-electron chi connectivity index (χ0n) is 9.42. The molecule has 0 aliphatic rings. The Morgan fingerprint density at radius 3 is 1.92 bits per heavy atom. The number of aryl methyl sites for hydroxylation is 1. The van der Waals surface area contributed by atoms with Crippen LogP contribution in [-0.4, -0.2) is 15.2 Å². The Morgan fingerprint density at radius 2 is 1.62 bits per heavy atom. The number of hydrogen-bond acceptors (Lipinski definition) is 3.